The Morgan fingerprint density at radius 1 is 1.18 bits per heavy atom. The Kier molecular flexibility index (Phi) is 6.63. The molecule has 0 spiro atoms. The lowest BCUT2D eigenvalue weighted by atomic mass is 9.99. The zero-order valence-electron chi connectivity index (χ0n) is 18.6. The minimum absolute atomic E-state index is 0.157. The highest BCUT2D eigenvalue weighted by atomic mass is 35.5. The van der Waals surface area contributed by atoms with Crippen LogP contribution in [-0.4, -0.2) is 32.4 Å². The van der Waals surface area contributed by atoms with E-state index in [4.69, 9.17) is 17.3 Å². The molecule has 4 N–H and O–H groups in total. The predicted molar refractivity (Wildman–Crippen MR) is 130 cm³/mol. The third-order valence-electron chi connectivity index (χ3n) is 5.73. The van der Waals surface area contributed by atoms with E-state index in [2.05, 4.69) is 15.4 Å². The first kappa shape index (κ1) is 23.4. The van der Waals surface area contributed by atoms with Crippen LogP contribution in [0, 0.1) is 12.7 Å². The van der Waals surface area contributed by atoms with Crippen molar-refractivity contribution >= 4 is 23.3 Å². The number of halogens is 2. The fourth-order valence-corrected chi connectivity index (χ4v) is 3.90. The molecule has 4 rings (SSSR count). The molecule has 0 radical (unpaired) electrons. The summed E-state index contributed by atoms with van der Waals surface area (Å²) in [5.74, 6) is -1.14. The van der Waals surface area contributed by atoms with E-state index in [0.29, 0.717) is 21.7 Å². The van der Waals surface area contributed by atoms with Crippen molar-refractivity contribution in [1.82, 2.24) is 20.1 Å². The molecule has 0 fully saturated rings. The van der Waals surface area contributed by atoms with Gasteiger partial charge in [0.1, 0.15) is 11.6 Å². The smallest absolute Gasteiger partial charge is 0.254 e. The average Bonchev–Trinajstić information content (AvgIpc) is 3.15. The summed E-state index contributed by atoms with van der Waals surface area (Å²) in [6, 6.07) is 12.1. The SMILES string of the molecule is Cc1c(-c2cnc(N)c(-c3ccc(C(=O)NC(CO)c4cccc(Cl)c4)c(F)c3)c2)cnn1C. The third kappa shape index (κ3) is 4.64. The number of nitrogens with zero attached hydrogens (tertiary/aromatic N) is 3. The van der Waals surface area contributed by atoms with Crippen LogP contribution >= 0.6 is 11.6 Å². The van der Waals surface area contributed by atoms with E-state index in [-0.39, 0.29) is 18.0 Å². The summed E-state index contributed by atoms with van der Waals surface area (Å²) < 4.78 is 16.8. The zero-order chi connectivity index (χ0) is 24.4. The normalized spacial score (nSPS) is 11.9. The Bertz CT molecular complexity index is 1370. The second-order valence-electron chi connectivity index (χ2n) is 7.88. The van der Waals surface area contributed by atoms with Gasteiger partial charge in [0.25, 0.3) is 5.91 Å². The van der Waals surface area contributed by atoms with Crippen LogP contribution in [0.2, 0.25) is 5.02 Å². The molecule has 34 heavy (non-hydrogen) atoms. The number of aromatic nitrogens is 3. The van der Waals surface area contributed by atoms with Gasteiger partial charge in [-0.15, -0.1) is 0 Å². The Morgan fingerprint density at radius 2 is 1.97 bits per heavy atom. The zero-order valence-corrected chi connectivity index (χ0v) is 19.3. The van der Waals surface area contributed by atoms with Crippen molar-refractivity contribution in [1.29, 1.82) is 0 Å². The van der Waals surface area contributed by atoms with E-state index in [1.807, 2.05) is 20.0 Å². The number of pyridine rings is 1. The van der Waals surface area contributed by atoms with Crippen molar-refractivity contribution in [3.05, 3.63) is 88.6 Å². The van der Waals surface area contributed by atoms with E-state index in [1.54, 1.807) is 47.4 Å². The van der Waals surface area contributed by atoms with Gasteiger partial charge in [-0.1, -0.05) is 29.8 Å². The molecule has 4 aromatic rings. The summed E-state index contributed by atoms with van der Waals surface area (Å²) in [4.78, 5) is 17.0. The Morgan fingerprint density at radius 3 is 2.62 bits per heavy atom. The van der Waals surface area contributed by atoms with Crippen molar-refractivity contribution in [3.63, 3.8) is 0 Å². The number of amides is 1. The highest BCUT2D eigenvalue weighted by molar-refractivity contribution is 6.30. The quantitative estimate of drug-likeness (QED) is 0.382. The number of aliphatic hydroxyl groups is 1. The number of rotatable bonds is 6. The molecule has 2 aromatic heterocycles. The molecule has 1 atom stereocenters. The highest BCUT2D eigenvalue weighted by Gasteiger charge is 2.19. The van der Waals surface area contributed by atoms with Crippen LogP contribution in [0.15, 0.2) is 60.9 Å². The van der Waals surface area contributed by atoms with Gasteiger partial charge in [0.05, 0.1) is 24.4 Å². The summed E-state index contributed by atoms with van der Waals surface area (Å²) in [6.45, 7) is 1.57. The first-order chi connectivity index (χ1) is 16.3. The molecular weight excluding hydrogens is 457 g/mol. The summed E-state index contributed by atoms with van der Waals surface area (Å²) in [7, 11) is 1.84. The highest BCUT2D eigenvalue weighted by Crippen LogP contribution is 2.32. The molecule has 1 unspecified atom stereocenters. The fourth-order valence-electron chi connectivity index (χ4n) is 3.70. The van der Waals surface area contributed by atoms with Crippen LogP contribution in [0.4, 0.5) is 10.2 Å². The van der Waals surface area contributed by atoms with Gasteiger partial charge in [-0.2, -0.15) is 5.10 Å². The molecular formula is C25H23ClFN5O2. The van der Waals surface area contributed by atoms with Crippen molar-refractivity contribution in [2.45, 2.75) is 13.0 Å². The summed E-state index contributed by atoms with van der Waals surface area (Å²) in [5, 5.41) is 17.1. The molecule has 0 bridgehead atoms. The summed E-state index contributed by atoms with van der Waals surface area (Å²) >= 11 is 6.00. The largest absolute Gasteiger partial charge is 0.394 e. The second-order valence-corrected chi connectivity index (χ2v) is 8.32. The standard InChI is InChI=1S/C25H23ClFN5O2/c1-14-21(12-30-32(14)2)17-9-20(24(28)29-11-17)15-6-7-19(22(27)10-15)25(34)31-23(13-33)16-4-3-5-18(26)8-16/h3-12,23,33H,13H2,1-2H3,(H2,28,29)(H,31,34). The molecule has 174 valence electrons. The third-order valence-corrected chi connectivity index (χ3v) is 5.96. The molecule has 0 aliphatic rings. The van der Waals surface area contributed by atoms with Crippen LogP contribution in [0.1, 0.15) is 27.7 Å². The number of aliphatic hydroxyl groups excluding tert-OH is 1. The lowest BCUT2D eigenvalue weighted by Crippen LogP contribution is -2.31. The van der Waals surface area contributed by atoms with Gasteiger partial charge in [-0.3, -0.25) is 9.48 Å². The van der Waals surface area contributed by atoms with Crippen LogP contribution < -0.4 is 11.1 Å². The summed E-state index contributed by atoms with van der Waals surface area (Å²) in [5.41, 5.74) is 10.2. The molecule has 9 heteroatoms. The molecule has 0 saturated carbocycles. The maximum absolute atomic E-state index is 15.0. The van der Waals surface area contributed by atoms with E-state index in [0.717, 1.165) is 16.8 Å². The van der Waals surface area contributed by atoms with Gasteiger partial charge in [0.2, 0.25) is 0 Å². The van der Waals surface area contributed by atoms with E-state index >= 15 is 4.39 Å². The monoisotopic (exact) mass is 479 g/mol. The van der Waals surface area contributed by atoms with Crippen molar-refractivity contribution in [2.75, 3.05) is 12.3 Å². The maximum atomic E-state index is 15.0. The van der Waals surface area contributed by atoms with Gasteiger partial charge in [0, 0.05) is 40.7 Å². The second kappa shape index (κ2) is 9.62. The number of benzene rings is 2. The molecule has 7 nitrogen and oxygen atoms in total. The van der Waals surface area contributed by atoms with Crippen LogP contribution in [-0.2, 0) is 7.05 Å². The molecule has 0 aliphatic heterocycles. The van der Waals surface area contributed by atoms with E-state index in [1.165, 1.54) is 12.1 Å². The number of nitrogens with two attached hydrogens (primary N) is 1. The number of carbonyl (C=O) groups is 1. The number of carbonyl (C=O) groups excluding carboxylic acids is 1. The average molecular weight is 480 g/mol. The predicted octanol–water partition coefficient (Wildman–Crippen LogP) is 4.30. The van der Waals surface area contributed by atoms with Crippen molar-refractivity contribution in [2.24, 2.45) is 7.05 Å². The number of hydrogen-bond acceptors (Lipinski definition) is 5. The maximum Gasteiger partial charge on any atom is 0.254 e. The van der Waals surface area contributed by atoms with Crippen molar-refractivity contribution < 1.29 is 14.3 Å². The van der Waals surface area contributed by atoms with Gasteiger partial charge >= 0.3 is 0 Å². The number of aryl methyl sites for hydroxylation is 1. The number of nitrogens with one attached hydrogen (secondary N) is 1. The molecule has 0 saturated heterocycles. The molecule has 2 aromatic carbocycles. The van der Waals surface area contributed by atoms with Gasteiger partial charge in [-0.25, -0.2) is 9.37 Å². The van der Waals surface area contributed by atoms with Crippen LogP contribution in [0.5, 0.6) is 0 Å². The minimum Gasteiger partial charge on any atom is -0.394 e. The van der Waals surface area contributed by atoms with Gasteiger partial charge < -0.3 is 16.2 Å². The van der Waals surface area contributed by atoms with E-state index < -0.39 is 17.8 Å². The number of anilines is 1. The Labute approximate surface area is 201 Å². The molecule has 2 heterocycles. The minimum atomic E-state index is -0.732. The molecule has 0 aliphatic carbocycles. The van der Waals surface area contributed by atoms with Gasteiger partial charge in [0.15, 0.2) is 0 Å². The number of nitrogen functional groups attached to an aromatic ring is 1. The van der Waals surface area contributed by atoms with Crippen LogP contribution in [0.3, 0.4) is 0 Å². The number of hydrogen-bond donors (Lipinski definition) is 3. The Hall–Kier alpha value is -3.75. The van der Waals surface area contributed by atoms with E-state index in [9.17, 15) is 9.90 Å². The first-order valence-electron chi connectivity index (χ1n) is 10.5. The van der Waals surface area contributed by atoms with Gasteiger partial charge in [-0.05, 0) is 48.4 Å². The molecule has 1 amide bonds. The van der Waals surface area contributed by atoms with Crippen LogP contribution in [0.25, 0.3) is 22.3 Å². The Balaban J connectivity index is 1.61. The lowest BCUT2D eigenvalue weighted by Gasteiger charge is -2.17. The fraction of sp³-hybridized carbons (Fsp3) is 0.160. The summed E-state index contributed by atoms with van der Waals surface area (Å²) in [6.07, 6.45) is 3.38. The van der Waals surface area contributed by atoms with Crippen molar-refractivity contribution in [3.8, 4) is 22.3 Å². The topological polar surface area (TPSA) is 106 Å². The lowest BCUT2D eigenvalue weighted by molar-refractivity contribution is 0.0912. The first-order valence-corrected chi connectivity index (χ1v) is 10.9.